The summed E-state index contributed by atoms with van der Waals surface area (Å²) in [6.45, 7) is 0.465. The molecule has 5 heteroatoms. The van der Waals surface area contributed by atoms with E-state index in [0.29, 0.717) is 23.7 Å². The van der Waals surface area contributed by atoms with Crippen LogP contribution >= 0.6 is 23.4 Å². The van der Waals surface area contributed by atoms with Crippen LogP contribution in [0, 0.1) is 11.3 Å². The summed E-state index contributed by atoms with van der Waals surface area (Å²) in [5, 5.41) is 9.39. The fourth-order valence-electron chi connectivity index (χ4n) is 2.26. The van der Waals surface area contributed by atoms with E-state index in [1.807, 2.05) is 42.5 Å². The van der Waals surface area contributed by atoms with E-state index in [4.69, 9.17) is 16.9 Å². The summed E-state index contributed by atoms with van der Waals surface area (Å²) < 4.78 is 0. The van der Waals surface area contributed by atoms with Crippen LogP contribution < -0.4 is 0 Å². The largest absolute Gasteiger partial charge is 0.344 e. The van der Waals surface area contributed by atoms with Crippen LogP contribution in [0.2, 0.25) is 5.02 Å². The molecule has 0 saturated carbocycles. The number of halogens is 1. The van der Waals surface area contributed by atoms with Crippen molar-refractivity contribution in [2.75, 3.05) is 19.3 Å². The highest BCUT2D eigenvalue weighted by Crippen LogP contribution is 2.36. The highest BCUT2D eigenvalue weighted by atomic mass is 35.5. The Morgan fingerprint density at radius 3 is 2.42 bits per heavy atom. The Bertz CT molecular complexity index is 698. The molecule has 0 bridgehead atoms. The Kier molecular flexibility index (Phi) is 7.17. The molecule has 0 aliphatic heterocycles. The zero-order valence-corrected chi connectivity index (χ0v) is 15.1. The highest BCUT2D eigenvalue weighted by Gasteiger charge is 2.18. The van der Waals surface area contributed by atoms with E-state index < -0.39 is 0 Å². The highest BCUT2D eigenvalue weighted by molar-refractivity contribution is 8.00. The van der Waals surface area contributed by atoms with E-state index in [9.17, 15) is 4.79 Å². The van der Waals surface area contributed by atoms with Crippen molar-refractivity contribution in [3.05, 3.63) is 70.7 Å². The van der Waals surface area contributed by atoms with Crippen molar-refractivity contribution in [2.45, 2.75) is 11.7 Å². The van der Waals surface area contributed by atoms with Gasteiger partial charge in [-0.15, -0.1) is 11.8 Å². The predicted molar refractivity (Wildman–Crippen MR) is 100 cm³/mol. The van der Waals surface area contributed by atoms with Gasteiger partial charge in [0.05, 0.1) is 23.5 Å². The van der Waals surface area contributed by atoms with Gasteiger partial charge in [0, 0.05) is 18.6 Å². The van der Waals surface area contributed by atoms with Crippen LogP contribution in [-0.2, 0) is 4.79 Å². The smallest absolute Gasteiger partial charge is 0.232 e. The standard InChI is InChI=1S/C19H19ClN2OS/c1-22(13-5-12-21)18(23)14-24-19(15-6-3-2-4-7-15)16-8-10-17(20)11-9-16/h2-4,6-11,19H,5,13-14H2,1H3. The maximum atomic E-state index is 12.2. The normalized spacial score (nSPS) is 11.5. The minimum Gasteiger partial charge on any atom is -0.344 e. The molecular weight excluding hydrogens is 340 g/mol. The molecule has 0 saturated heterocycles. The zero-order chi connectivity index (χ0) is 17.4. The summed E-state index contributed by atoms with van der Waals surface area (Å²) in [6.07, 6.45) is 0.353. The maximum Gasteiger partial charge on any atom is 0.232 e. The molecule has 0 aromatic heterocycles. The first-order chi connectivity index (χ1) is 11.6. The zero-order valence-electron chi connectivity index (χ0n) is 13.5. The van der Waals surface area contributed by atoms with E-state index >= 15 is 0 Å². The molecule has 0 spiro atoms. The Morgan fingerprint density at radius 2 is 1.79 bits per heavy atom. The molecule has 1 atom stereocenters. The number of carbonyl (C=O) groups is 1. The maximum absolute atomic E-state index is 12.2. The number of hydrogen-bond acceptors (Lipinski definition) is 3. The van der Waals surface area contributed by atoms with Crippen molar-refractivity contribution in [1.82, 2.24) is 4.90 Å². The number of thioether (sulfide) groups is 1. The molecule has 0 N–H and O–H groups in total. The molecule has 1 unspecified atom stereocenters. The molecule has 0 radical (unpaired) electrons. The van der Waals surface area contributed by atoms with Gasteiger partial charge >= 0.3 is 0 Å². The quantitative estimate of drug-likeness (QED) is 0.730. The van der Waals surface area contributed by atoms with Crippen molar-refractivity contribution in [1.29, 1.82) is 5.26 Å². The average molecular weight is 359 g/mol. The van der Waals surface area contributed by atoms with Gasteiger partial charge in [-0.3, -0.25) is 4.79 Å². The number of rotatable bonds is 7. The van der Waals surface area contributed by atoms with Gasteiger partial charge in [0.1, 0.15) is 0 Å². The minimum absolute atomic E-state index is 0.0325. The topological polar surface area (TPSA) is 44.1 Å². The first-order valence-corrected chi connectivity index (χ1v) is 9.07. The van der Waals surface area contributed by atoms with Crippen LogP contribution in [0.5, 0.6) is 0 Å². The van der Waals surface area contributed by atoms with Crippen LogP contribution in [0.25, 0.3) is 0 Å². The predicted octanol–water partition coefficient (Wildman–Crippen LogP) is 4.53. The van der Waals surface area contributed by atoms with Crippen molar-refractivity contribution >= 4 is 29.3 Å². The third kappa shape index (κ3) is 5.30. The first kappa shape index (κ1) is 18.4. The Hall–Kier alpha value is -1.96. The van der Waals surface area contributed by atoms with E-state index in [0.717, 1.165) is 11.1 Å². The molecule has 0 fully saturated rings. The number of nitriles is 1. The minimum atomic E-state index is 0.0325. The number of benzene rings is 2. The average Bonchev–Trinajstić information content (AvgIpc) is 2.62. The van der Waals surface area contributed by atoms with Gasteiger partial charge in [-0.05, 0) is 23.3 Å². The van der Waals surface area contributed by atoms with Gasteiger partial charge in [-0.1, -0.05) is 54.1 Å². The number of hydrogen-bond donors (Lipinski definition) is 0. The Balaban J connectivity index is 2.11. The van der Waals surface area contributed by atoms with Crippen molar-refractivity contribution in [3.63, 3.8) is 0 Å². The van der Waals surface area contributed by atoms with Crippen molar-refractivity contribution in [2.24, 2.45) is 0 Å². The number of nitrogens with zero attached hydrogens (tertiary/aromatic N) is 2. The van der Waals surface area contributed by atoms with Crippen molar-refractivity contribution < 1.29 is 4.79 Å². The molecule has 2 aromatic carbocycles. The lowest BCUT2D eigenvalue weighted by Crippen LogP contribution is -2.29. The number of carbonyl (C=O) groups excluding carboxylic acids is 1. The van der Waals surface area contributed by atoms with Crippen LogP contribution in [0.3, 0.4) is 0 Å². The molecule has 0 heterocycles. The molecule has 0 aliphatic rings. The van der Waals surface area contributed by atoms with Gasteiger partial charge in [0.25, 0.3) is 0 Å². The van der Waals surface area contributed by atoms with Crippen molar-refractivity contribution in [3.8, 4) is 6.07 Å². The van der Waals surface area contributed by atoms with Crippen LogP contribution in [0.4, 0.5) is 0 Å². The van der Waals surface area contributed by atoms with E-state index in [1.54, 1.807) is 23.7 Å². The summed E-state index contributed by atoms with van der Waals surface area (Å²) in [7, 11) is 1.74. The summed E-state index contributed by atoms with van der Waals surface area (Å²) in [6, 6.07) is 19.9. The second kappa shape index (κ2) is 9.36. The monoisotopic (exact) mass is 358 g/mol. The van der Waals surface area contributed by atoms with Crippen LogP contribution in [0.1, 0.15) is 22.8 Å². The van der Waals surface area contributed by atoms with Gasteiger partial charge in [-0.25, -0.2) is 0 Å². The Labute approximate surface area is 152 Å². The molecule has 24 heavy (non-hydrogen) atoms. The molecule has 124 valence electrons. The second-order valence-electron chi connectivity index (χ2n) is 5.38. The fraction of sp³-hybridized carbons (Fsp3) is 0.263. The molecule has 2 aromatic rings. The fourth-order valence-corrected chi connectivity index (χ4v) is 3.61. The van der Waals surface area contributed by atoms with Crippen LogP contribution in [0.15, 0.2) is 54.6 Å². The number of amides is 1. The summed E-state index contributed by atoms with van der Waals surface area (Å²) in [4.78, 5) is 13.9. The van der Waals surface area contributed by atoms with E-state index in [1.165, 1.54) is 0 Å². The van der Waals surface area contributed by atoms with Gasteiger partial charge in [0.15, 0.2) is 0 Å². The lowest BCUT2D eigenvalue weighted by atomic mass is 10.0. The van der Waals surface area contributed by atoms with Gasteiger partial charge in [0.2, 0.25) is 5.91 Å². The lowest BCUT2D eigenvalue weighted by Gasteiger charge is -2.20. The first-order valence-electron chi connectivity index (χ1n) is 7.64. The Morgan fingerprint density at radius 1 is 1.17 bits per heavy atom. The summed E-state index contributed by atoms with van der Waals surface area (Å²) >= 11 is 7.57. The molecular formula is C19H19ClN2OS. The van der Waals surface area contributed by atoms with E-state index in [-0.39, 0.29) is 11.2 Å². The van der Waals surface area contributed by atoms with Gasteiger partial charge in [-0.2, -0.15) is 5.26 Å². The third-order valence-corrected chi connectivity index (χ3v) is 5.18. The van der Waals surface area contributed by atoms with Gasteiger partial charge < -0.3 is 4.90 Å². The van der Waals surface area contributed by atoms with E-state index in [2.05, 4.69) is 18.2 Å². The SMILES string of the molecule is CN(CCC#N)C(=O)CSC(c1ccccc1)c1ccc(Cl)cc1. The molecule has 2 rings (SSSR count). The summed E-state index contributed by atoms with van der Waals surface area (Å²) in [5.74, 6) is 0.398. The molecule has 0 aliphatic carbocycles. The second-order valence-corrected chi connectivity index (χ2v) is 6.91. The molecule has 1 amide bonds. The van der Waals surface area contributed by atoms with Crippen LogP contribution in [-0.4, -0.2) is 30.2 Å². The molecule has 3 nitrogen and oxygen atoms in total. The lowest BCUT2D eigenvalue weighted by molar-refractivity contribution is -0.127. The summed E-state index contributed by atoms with van der Waals surface area (Å²) in [5.41, 5.74) is 2.26. The third-order valence-electron chi connectivity index (χ3n) is 3.63.